The average molecular weight is 306 g/mol. The standard InChI is InChI=1S/C16H20O2P2/c1-9-11(3)15(19(5)13(9)7-17)16-12(4)10(2)14(8-18)20(16)6/h7-8H,1-6H3. The van der Waals surface area contributed by atoms with E-state index in [-0.39, 0.29) is 0 Å². The lowest BCUT2D eigenvalue weighted by Crippen LogP contribution is -1.81. The first-order chi connectivity index (χ1) is 9.36. The maximum absolute atomic E-state index is 11.3. The van der Waals surface area contributed by atoms with Crippen molar-refractivity contribution in [2.45, 2.75) is 27.7 Å². The number of carbonyl (C=O) groups excluding carboxylic acids is 2. The van der Waals surface area contributed by atoms with Crippen LogP contribution in [0.15, 0.2) is 0 Å². The summed E-state index contributed by atoms with van der Waals surface area (Å²) in [5.74, 6) is 0. The molecule has 2 aromatic rings. The number of hydrogen-bond donors (Lipinski definition) is 0. The fraction of sp³-hybridized carbons (Fsp3) is 0.375. The molecule has 0 saturated carbocycles. The first kappa shape index (κ1) is 15.3. The van der Waals surface area contributed by atoms with Gasteiger partial charge in [0.2, 0.25) is 0 Å². The first-order valence-corrected chi connectivity index (χ1v) is 10.2. The second kappa shape index (κ2) is 5.35. The quantitative estimate of drug-likeness (QED) is 0.725. The van der Waals surface area contributed by atoms with Crippen LogP contribution in [0.2, 0.25) is 0 Å². The van der Waals surface area contributed by atoms with Crippen molar-refractivity contribution < 1.29 is 9.59 Å². The zero-order valence-electron chi connectivity index (χ0n) is 12.9. The molecule has 2 nitrogen and oxygen atoms in total. The van der Waals surface area contributed by atoms with Gasteiger partial charge in [-0.15, -0.1) is 15.1 Å². The minimum absolute atomic E-state index is 0.571. The molecule has 2 aromatic heterocycles. The number of aldehydes is 2. The maximum Gasteiger partial charge on any atom is 0.154 e. The van der Waals surface area contributed by atoms with E-state index in [0.29, 0.717) is 0 Å². The highest BCUT2D eigenvalue weighted by atomic mass is 31.1. The molecule has 0 aliphatic carbocycles. The summed E-state index contributed by atoms with van der Waals surface area (Å²) in [7, 11) is -1.14. The van der Waals surface area contributed by atoms with Gasteiger partial charge < -0.3 is 0 Å². The van der Waals surface area contributed by atoms with Gasteiger partial charge in [-0.2, -0.15) is 0 Å². The van der Waals surface area contributed by atoms with Crippen molar-refractivity contribution in [1.29, 1.82) is 0 Å². The molecule has 2 heterocycles. The molecule has 0 fully saturated rings. The van der Waals surface area contributed by atoms with Gasteiger partial charge in [-0.3, -0.25) is 9.59 Å². The Hall–Kier alpha value is -1.10. The normalized spacial score (nSPS) is 12.7. The Bertz CT molecular complexity index is 656. The first-order valence-electron chi connectivity index (χ1n) is 6.59. The van der Waals surface area contributed by atoms with E-state index in [1.807, 2.05) is 13.8 Å². The van der Waals surface area contributed by atoms with Gasteiger partial charge in [0.05, 0.1) is 0 Å². The number of carbonyl (C=O) groups is 2. The summed E-state index contributed by atoms with van der Waals surface area (Å²) in [5, 5.41) is 4.57. The molecule has 0 aliphatic rings. The van der Waals surface area contributed by atoms with Gasteiger partial charge in [-0.25, -0.2) is 0 Å². The van der Waals surface area contributed by atoms with Gasteiger partial charge in [-0.05, 0) is 63.3 Å². The minimum Gasteiger partial charge on any atom is -0.298 e. The van der Waals surface area contributed by atoms with Gasteiger partial charge in [-0.1, -0.05) is 0 Å². The van der Waals surface area contributed by atoms with E-state index in [1.54, 1.807) is 0 Å². The average Bonchev–Trinajstić information content (AvgIpc) is 2.75. The molecule has 4 heteroatoms. The van der Waals surface area contributed by atoms with Crippen LogP contribution in [-0.2, 0) is 13.3 Å². The molecule has 0 aliphatic heterocycles. The van der Waals surface area contributed by atoms with Crippen molar-refractivity contribution in [2.24, 2.45) is 13.3 Å². The Balaban J connectivity index is 2.90. The van der Waals surface area contributed by atoms with Gasteiger partial charge in [0.15, 0.2) is 12.6 Å². The van der Waals surface area contributed by atoms with E-state index in [4.69, 9.17) is 0 Å². The summed E-state index contributed by atoms with van der Waals surface area (Å²) in [5.41, 5.74) is 4.74. The summed E-state index contributed by atoms with van der Waals surface area (Å²) in [6.07, 6.45) is 2.03. The molecule has 2 unspecified atom stereocenters. The van der Waals surface area contributed by atoms with E-state index in [1.165, 1.54) is 21.7 Å². The summed E-state index contributed by atoms with van der Waals surface area (Å²) in [6.45, 7) is 12.6. The molecule has 2 atom stereocenters. The molecule has 0 saturated heterocycles. The topological polar surface area (TPSA) is 34.1 Å². The summed E-state index contributed by atoms with van der Waals surface area (Å²) < 4.78 is 0. The van der Waals surface area contributed by atoms with Crippen LogP contribution in [0, 0.1) is 27.7 Å². The Labute approximate surface area is 122 Å². The largest absolute Gasteiger partial charge is 0.298 e. The Morgan fingerprint density at radius 1 is 0.650 bits per heavy atom. The summed E-state index contributed by atoms with van der Waals surface area (Å²) in [6, 6.07) is 0. The third-order valence-corrected chi connectivity index (χ3v) is 9.41. The molecule has 0 aromatic carbocycles. The molecule has 0 N–H and O–H groups in total. The van der Waals surface area contributed by atoms with E-state index in [0.717, 1.165) is 34.3 Å². The number of hydrogen-bond acceptors (Lipinski definition) is 2. The van der Waals surface area contributed by atoms with E-state index in [9.17, 15) is 9.59 Å². The zero-order valence-corrected chi connectivity index (χ0v) is 14.7. The lowest BCUT2D eigenvalue weighted by Gasteiger charge is -2.07. The highest BCUT2D eigenvalue weighted by Gasteiger charge is 2.23. The van der Waals surface area contributed by atoms with Crippen molar-refractivity contribution in [1.82, 2.24) is 0 Å². The molecule has 20 heavy (non-hydrogen) atoms. The molecule has 106 valence electrons. The Morgan fingerprint density at radius 2 is 0.950 bits per heavy atom. The van der Waals surface area contributed by atoms with Crippen LogP contribution in [0.25, 0.3) is 10.6 Å². The molecular weight excluding hydrogens is 286 g/mol. The SMILES string of the molecule is Cc1c(C)c(-c2c(C)c(C)c(C=O)p2C)p(C)c1C=O. The van der Waals surface area contributed by atoms with Gasteiger partial charge in [0.1, 0.15) is 0 Å². The van der Waals surface area contributed by atoms with E-state index >= 15 is 0 Å². The lowest BCUT2D eigenvalue weighted by molar-refractivity contribution is 0.111. The molecule has 0 bridgehead atoms. The van der Waals surface area contributed by atoms with Crippen LogP contribution < -0.4 is 0 Å². The Kier molecular flexibility index (Phi) is 4.09. The number of rotatable bonds is 3. The predicted octanol–water partition coefficient (Wildman–Crippen LogP) is 5.26. The Morgan fingerprint density at radius 3 is 1.15 bits per heavy atom. The molecule has 2 rings (SSSR count). The van der Waals surface area contributed by atoms with Gasteiger partial charge >= 0.3 is 0 Å². The monoisotopic (exact) mass is 306 g/mol. The van der Waals surface area contributed by atoms with Crippen LogP contribution in [0.5, 0.6) is 0 Å². The molecule has 0 radical (unpaired) electrons. The molecular formula is C16H20O2P2. The smallest absolute Gasteiger partial charge is 0.154 e. The highest BCUT2D eigenvalue weighted by Crippen LogP contribution is 2.57. The van der Waals surface area contributed by atoms with E-state index < -0.39 is 15.1 Å². The molecule has 0 spiro atoms. The van der Waals surface area contributed by atoms with Crippen LogP contribution in [0.3, 0.4) is 0 Å². The fourth-order valence-electron chi connectivity index (χ4n) is 2.99. The van der Waals surface area contributed by atoms with Gasteiger partial charge in [0, 0.05) is 21.2 Å². The van der Waals surface area contributed by atoms with E-state index in [2.05, 4.69) is 27.2 Å². The minimum atomic E-state index is -0.571. The third kappa shape index (κ3) is 1.94. The molecule has 0 amide bonds. The van der Waals surface area contributed by atoms with Crippen molar-refractivity contribution in [3.8, 4) is 10.6 Å². The second-order valence-corrected chi connectivity index (χ2v) is 9.42. The second-order valence-electron chi connectivity index (χ2n) is 5.32. The van der Waals surface area contributed by atoms with Crippen molar-refractivity contribution >= 4 is 27.6 Å². The highest BCUT2D eigenvalue weighted by molar-refractivity contribution is 7.58. The fourth-order valence-corrected chi connectivity index (χ4v) is 8.35. The third-order valence-electron chi connectivity index (χ3n) is 4.44. The van der Waals surface area contributed by atoms with Crippen molar-refractivity contribution in [2.75, 3.05) is 0 Å². The van der Waals surface area contributed by atoms with Crippen LogP contribution in [0.1, 0.15) is 42.4 Å². The van der Waals surface area contributed by atoms with Crippen molar-refractivity contribution in [3.05, 3.63) is 32.8 Å². The zero-order chi connectivity index (χ0) is 15.2. The summed E-state index contributed by atoms with van der Waals surface area (Å²) in [4.78, 5) is 22.7. The lowest BCUT2D eigenvalue weighted by atomic mass is 10.1. The predicted molar refractivity (Wildman–Crippen MR) is 89.0 cm³/mol. The van der Waals surface area contributed by atoms with Gasteiger partial charge in [0.25, 0.3) is 0 Å². The van der Waals surface area contributed by atoms with Crippen LogP contribution in [-0.4, -0.2) is 12.6 Å². The van der Waals surface area contributed by atoms with Crippen LogP contribution >= 0.6 is 15.1 Å². The summed E-state index contributed by atoms with van der Waals surface area (Å²) >= 11 is 0. The van der Waals surface area contributed by atoms with Crippen molar-refractivity contribution in [3.63, 3.8) is 0 Å². The van der Waals surface area contributed by atoms with Crippen LogP contribution in [0.4, 0.5) is 0 Å². The maximum atomic E-state index is 11.3.